The second-order valence-corrected chi connectivity index (χ2v) is 7.66. The van der Waals surface area contributed by atoms with Crippen LogP contribution in [0.1, 0.15) is 39.5 Å². The summed E-state index contributed by atoms with van der Waals surface area (Å²) in [6.07, 6.45) is 6.51. The molecule has 3 nitrogen and oxygen atoms in total. The van der Waals surface area contributed by atoms with Crippen LogP contribution < -0.4 is 5.32 Å². The zero-order valence-electron chi connectivity index (χ0n) is 10.7. The van der Waals surface area contributed by atoms with Gasteiger partial charge in [-0.1, -0.05) is 26.7 Å². The molecule has 1 rings (SSSR count). The van der Waals surface area contributed by atoms with E-state index in [1.54, 1.807) is 0 Å². The van der Waals surface area contributed by atoms with E-state index in [0.717, 1.165) is 12.5 Å². The lowest BCUT2D eigenvalue weighted by Gasteiger charge is -2.30. The summed E-state index contributed by atoms with van der Waals surface area (Å²) < 4.78 is 22.3. The molecule has 0 spiro atoms. The van der Waals surface area contributed by atoms with Crippen LogP contribution in [0.25, 0.3) is 0 Å². The molecule has 0 bridgehead atoms. The van der Waals surface area contributed by atoms with Crippen LogP contribution in [0, 0.1) is 11.8 Å². The Morgan fingerprint density at radius 3 is 2.50 bits per heavy atom. The fourth-order valence-corrected chi connectivity index (χ4v) is 3.70. The molecule has 0 unspecified atom stereocenters. The minimum absolute atomic E-state index is 0.212. The summed E-state index contributed by atoms with van der Waals surface area (Å²) in [4.78, 5) is 0. The van der Waals surface area contributed by atoms with E-state index in [1.165, 1.54) is 31.9 Å². The average molecular weight is 247 g/mol. The van der Waals surface area contributed by atoms with Gasteiger partial charge in [-0.2, -0.15) is 0 Å². The molecule has 1 aliphatic rings. The summed E-state index contributed by atoms with van der Waals surface area (Å²) >= 11 is 0. The number of nitrogens with one attached hydrogen (secondary N) is 1. The van der Waals surface area contributed by atoms with Crippen molar-refractivity contribution in [1.29, 1.82) is 0 Å². The van der Waals surface area contributed by atoms with E-state index < -0.39 is 9.84 Å². The van der Waals surface area contributed by atoms with Gasteiger partial charge < -0.3 is 5.32 Å². The molecule has 4 heteroatoms. The molecular weight excluding hydrogens is 222 g/mol. The fraction of sp³-hybridized carbons (Fsp3) is 1.00. The summed E-state index contributed by atoms with van der Waals surface area (Å²) in [7, 11) is -2.83. The van der Waals surface area contributed by atoms with E-state index >= 15 is 0 Å². The highest BCUT2D eigenvalue weighted by atomic mass is 32.2. The molecule has 0 aliphatic heterocycles. The van der Waals surface area contributed by atoms with Gasteiger partial charge >= 0.3 is 0 Å². The van der Waals surface area contributed by atoms with Crippen molar-refractivity contribution in [2.45, 2.75) is 45.6 Å². The van der Waals surface area contributed by atoms with Crippen molar-refractivity contribution in [3.63, 3.8) is 0 Å². The van der Waals surface area contributed by atoms with Gasteiger partial charge in [0.2, 0.25) is 0 Å². The van der Waals surface area contributed by atoms with E-state index in [4.69, 9.17) is 0 Å². The largest absolute Gasteiger partial charge is 0.313 e. The molecular formula is C12H25NO2S. The standard InChI is InChI=1S/C12H25NO2S/c1-10(9-16(3,14)15)8-13-12-7-5-4-6-11(12)2/h10-13H,4-9H2,1-3H3/t10-,11-,12-/m1/s1. The molecule has 0 radical (unpaired) electrons. The Morgan fingerprint density at radius 2 is 1.94 bits per heavy atom. The van der Waals surface area contributed by atoms with Gasteiger partial charge in [-0.15, -0.1) is 0 Å². The normalized spacial score (nSPS) is 28.9. The summed E-state index contributed by atoms with van der Waals surface area (Å²) in [5, 5.41) is 3.53. The van der Waals surface area contributed by atoms with Crippen molar-refractivity contribution in [1.82, 2.24) is 5.32 Å². The highest BCUT2D eigenvalue weighted by Gasteiger charge is 2.21. The second kappa shape index (κ2) is 6.01. The predicted molar refractivity (Wildman–Crippen MR) is 68.3 cm³/mol. The van der Waals surface area contributed by atoms with E-state index in [2.05, 4.69) is 12.2 Å². The Balaban J connectivity index is 2.28. The first-order chi connectivity index (χ1) is 7.38. The third-order valence-corrected chi connectivity index (χ3v) is 4.60. The summed E-state index contributed by atoms with van der Waals surface area (Å²) in [6.45, 7) is 5.11. The Morgan fingerprint density at radius 1 is 1.31 bits per heavy atom. The summed E-state index contributed by atoms with van der Waals surface area (Å²) in [5.74, 6) is 1.24. The van der Waals surface area contributed by atoms with Crippen LogP contribution in [-0.4, -0.2) is 33.0 Å². The molecule has 0 aromatic carbocycles. The van der Waals surface area contributed by atoms with Crippen LogP contribution in [0.4, 0.5) is 0 Å². The van der Waals surface area contributed by atoms with Crippen molar-refractivity contribution in [3.05, 3.63) is 0 Å². The zero-order chi connectivity index (χ0) is 12.2. The molecule has 96 valence electrons. The molecule has 1 aliphatic carbocycles. The zero-order valence-corrected chi connectivity index (χ0v) is 11.5. The van der Waals surface area contributed by atoms with Gasteiger partial charge in [0.05, 0.1) is 5.75 Å². The lowest BCUT2D eigenvalue weighted by Crippen LogP contribution is -2.40. The van der Waals surface area contributed by atoms with Gasteiger partial charge in [-0.3, -0.25) is 0 Å². The Hall–Kier alpha value is -0.0900. The number of hydrogen-bond donors (Lipinski definition) is 1. The van der Waals surface area contributed by atoms with Crippen molar-refractivity contribution >= 4 is 9.84 Å². The average Bonchev–Trinajstić information content (AvgIpc) is 2.14. The SMILES string of the molecule is C[C@H](CN[C@@H]1CCCC[C@H]1C)CS(C)(=O)=O. The molecule has 0 saturated heterocycles. The Kier molecular flexibility index (Phi) is 5.25. The lowest BCUT2D eigenvalue weighted by molar-refractivity contribution is 0.273. The highest BCUT2D eigenvalue weighted by Crippen LogP contribution is 2.23. The number of rotatable bonds is 5. The second-order valence-electron chi connectivity index (χ2n) is 5.47. The lowest BCUT2D eigenvalue weighted by atomic mass is 9.86. The number of hydrogen-bond acceptors (Lipinski definition) is 3. The molecule has 0 aromatic rings. The van der Waals surface area contributed by atoms with E-state index in [1.807, 2.05) is 6.92 Å². The molecule has 16 heavy (non-hydrogen) atoms. The third kappa shape index (κ3) is 5.30. The van der Waals surface area contributed by atoms with Crippen LogP contribution in [-0.2, 0) is 9.84 Å². The molecule has 1 saturated carbocycles. The monoisotopic (exact) mass is 247 g/mol. The maximum atomic E-state index is 11.1. The maximum Gasteiger partial charge on any atom is 0.147 e. The first-order valence-electron chi connectivity index (χ1n) is 6.29. The van der Waals surface area contributed by atoms with Crippen LogP contribution in [0.3, 0.4) is 0 Å². The smallest absolute Gasteiger partial charge is 0.147 e. The van der Waals surface area contributed by atoms with Gasteiger partial charge in [0, 0.05) is 12.3 Å². The quantitative estimate of drug-likeness (QED) is 0.806. The Labute approximate surface area is 99.9 Å². The summed E-state index contributed by atoms with van der Waals surface area (Å²) in [5.41, 5.74) is 0. The number of sulfone groups is 1. The Bertz CT molecular complexity index is 300. The van der Waals surface area contributed by atoms with Crippen molar-refractivity contribution < 1.29 is 8.42 Å². The first-order valence-corrected chi connectivity index (χ1v) is 8.35. The molecule has 1 N–H and O–H groups in total. The maximum absolute atomic E-state index is 11.1. The van der Waals surface area contributed by atoms with Gasteiger partial charge in [0.25, 0.3) is 0 Å². The van der Waals surface area contributed by atoms with Crippen LogP contribution in [0.2, 0.25) is 0 Å². The third-order valence-electron chi connectivity index (χ3n) is 3.43. The van der Waals surface area contributed by atoms with Crippen LogP contribution >= 0.6 is 0 Å². The van der Waals surface area contributed by atoms with Crippen LogP contribution in [0.15, 0.2) is 0 Å². The molecule has 0 aromatic heterocycles. The van der Waals surface area contributed by atoms with Gasteiger partial charge in [-0.05, 0) is 31.2 Å². The van der Waals surface area contributed by atoms with Crippen molar-refractivity contribution in [2.75, 3.05) is 18.6 Å². The molecule has 0 heterocycles. The molecule has 3 atom stereocenters. The summed E-state index contributed by atoms with van der Waals surface area (Å²) in [6, 6.07) is 0.593. The van der Waals surface area contributed by atoms with Gasteiger partial charge in [0.1, 0.15) is 9.84 Å². The van der Waals surface area contributed by atoms with E-state index in [-0.39, 0.29) is 5.92 Å². The first kappa shape index (κ1) is 14.0. The van der Waals surface area contributed by atoms with Gasteiger partial charge in [-0.25, -0.2) is 8.42 Å². The predicted octanol–water partition coefficient (Wildman–Crippen LogP) is 1.84. The minimum atomic E-state index is -2.83. The fourth-order valence-electron chi connectivity index (χ4n) is 2.55. The minimum Gasteiger partial charge on any atom is -0.313 e. The van der Waals surface area contributed by atoms with Crippen molar-refractivity contribution in [3.8, 4) is 0 Å². The highest BCUT2D eigenvalue weighted by molar-refractivity contribution is 7.90. The topological polar surface area (TPSA) is 46.2 Å². The van der Waals surface area contributed by atoms with Gasteiger partial charge in [0.15, 0.2) is 0 Å². The molecule has 0 amide bonds. The van der Waals surface area contributed by atoms with E-state index in [0.29, 0.717) is 11.8 Å². The van der Waals surface area contributed by atoms with Crippen LogP contribution in [0.5, 0.6) is 0 Å². The molecule has 1 fully saturated rings. The van der Waals surface area contributed by atoms with E-state index in [9.17, 15) is 8.42 Å². The van der Waals surface area contributed by atoms with Crippen molar-refractivity contribution in [2.24, 2.45) is 11.8 Å².